The molecule has 2 atom stereocenters. The SMILES string of the molecule is COC(CN)C(=O)NC(C)c1cccs1.Cl. The number of thiophene rings is 1. The summed E-state index contributed by atoms with van der Waals surface area (Å²) in [6.07, 6.45) is -0.563. The maximum Gasteiger partial charge on any atom is 0.250 e. The summed E-state index contributed by atoms with van der Waals surface area (Å²) >= 11 is 1.61. The summed E-state index contributed by atoms with van der Waals surface area (Å²) in [4.78, 5) is 12.7. The van der Waals surface area contributed by atoms with E-state index in [1.54, 1.807) is 11.3 Å². The first-order valence-corrected chi connectivity index (χ1v) is 5.63. The number of rotatable bonds is 5. The predicted molar refractivity (Wildman–Crippen MR) is 68.0 cm³/mol. The lowest BCUT2D eigenvalue weighted by Gasteiger charge is -2.17. The molecule has 0 aliphatic heterocycles. The number of carbonyl (C=O) groups excluding carboxylic acids is 1. The van der Waals surface area contributed by atoms with E-state index in [0.29, 0.717) is 0 Å². The number of carbonyl (C=O) groups is 1. The Morgan fingerprint density at radius 3 is 2.81 bits per heavy atom. The summed E-state index contributed by atoms with van der Waals surface area (Å²) in [5.41, 5.74) is 5.40. The Bertz CT molecular complexity index is 302. The van der Waals surface area contributed by atoms with E-state index >= 15 is 0 Å². The molecule has 3 N–H and O–H groups in total. The number of hydrogen-bond donors (Lipinski definition) is 2. The molecule has 2 unspecified atom stereocenters. The van der Waals surface area contributed by atoms with Crippen LogP contribution in [0.1, 0.15) is 17.8 Å². The van der Waals surface area contributed by atoms with Crippen LogP contribution in [-0.4, -0.2) is 25.7 Å². The molecule has 0 aromatic carbocycles. The fraction of sp³-hybridized carbons (Fsp3) is 0.500. The number of amides is 1. The Morgan fingerprint density at radius 1 is 1.69 bits per heavy atom. The fourth-order valence-electron chi connectivity index (χ4n) is 1.23. The molecular weight excluding hydrogens is 248 g/mol. The van der Waals surface area contributed by atoms with Crippen LogP contribution in [0.25, 0.3) is 0 Å². The number of ether oxygens (including phenoxy) is 1. The van der Waals surface area contributed by atoms with Crippen molar-refractivity contribution < 1.29 is 9.53 Å². The second-order valence-electron chi connectivity index (χ2n) is 3.21. The van der Waals surface area contributed by atoms with E-state index in [0.717, 1.165) is 4.88 Å². The Morgan fingerprint density at radius 2 is 2.38 bits per heavy atom. The van der Waals surface area contributed by atoms with Gasteiger partial charge in [-0.3, -0.25) is 4.79 Å². The Kier molecular flexibility index (Phi) is 7.33. The summed E-state index contributed by atoms with van der Waals surface area (Å²) in [6, 6.07) is 3.95. The third-order valence-corrected chi connectivity index (χ3v) is 3.17. The zero-order valence-electron chi connectivity index (χ0n) is 9.30. The van der Waals surface area contributed by atoms with Gasteiger partial charge in [0.2, 0.25) is 0 Å². The number of halogens is 1. The highest BCUT2D eigenvalue weighted by atomic mass is 35.5. The Balaban J connectivity index is 0.00000225. The van der Waals surface area contributed by atoms with E-state index in [9.17, 15) is 4.79 Å². The standard InChI is InChI=1S/C10H16N2O2S.ClH/c1-7(9-4-3-5-15-9)12-10(13)8(6-11)14-2;/h3-5,7-8H,6,11H2,1-2H3,(H,12,13);1H. The van der Waals surface area contributed by atoms with Crippen molar-refractivity contribution in [1.82, 2.24) is 5.32 Å². The topological polar surface area (TPSA) is 64.3 Å². The summed E-state index contributed by atoms with van der Waals surface area (Å²) in [5.74, 6) is -0.166. The van der Waals surface area contributed by atoms with Crippen molar-refractivity contribution in [2.75, 3.05) is 13.7 Å². The zero-order valence-corrected chi connectivity index (χ0v) is 10.9. The second kappa shape index (κ2) is 7.62. The van der Waals surface area contributed by atoms with Gasteiger partial charge in [0.05, 0.1) is 6.04 Å². The molecule has 1 amide bonds. The molecule has 0 fully saturated rings. The van der Waals surface area contributed by atoms with Gasteiger partial charge in [-0.25, -0.2) is 0 Å². The Labute approximate surface area is 106 Å². The fourth-order valence-corrected chi connectivity index (χ4v) is 1.96. The number of nitrogens with one attached hydrogen (secondary N) is 1. The van der Waals surface area contributed by atoms with E-state index in [4.69, 9.17) is 10.5 Å². The molecule has 1 aromatic heterocycles. The average molecular weight is 265 g/mol. The first-order valence-electron chi connectivity index (χ1n) is 4.75. The second-order valence-corrected chi connectivity index (χ2v) is 4.19. The molecule has 1 aromatic rings. The van der Waals surface area contributed by atoms with Crippen molar-refractivity contribution in [1.29, 1.82) is 0 Å². The third-order valence-electron chi connectivity index (χ3n) is 2.12. The summed E-state index contributed by atoms with van der Waals surface area (Å²) in [6.45, 7) is 2.13. The quantitative estimate of drug-likeness (QED) is 0.843. The molecule has 16 heavy (non-hydrogen) atoms. The van der Waals surface area contributed by atoms with Crippen LogP contribution in [0.2, 0.25) is 0 Å². The van der Waals surface area contributed by atoms with Crippen molar-refractivity contribution in [2.24, 2.45) is 5.73 Å². The van der Waals surface area contributed by atoms with Crippen molar-refractivity contribution in [3.8, 4) is 0 Å². The van der Waals surface area contributed by atoms with Gasteiger partial charge in [-0.15, -0.1) is 23.7 Å². The van der Waals surface area contributed by atoms with Crippen LogP contribution < -0.4 is 11.1 Å². The van der Waals surface area contributed by atoms with Gasteiger partial charge in [-0.05, 0) is 18.4 Å². The number of methoxy groups -OCH3 is 1. The van der Waals surface area contributed by atoms with Crippen LogP contribution in [-0.2, 0) is 9.53 Å². The van der Waals surface area contributed by atoms with Crippen molar-refractivity contribution in [2.45, 2.75) is 19.1 Å². The minimum absolute atomic E-state index is 0. The molecule has 0 radical (unpaired) electrons. The van der Waals surface area contributed by atoms with Crippen LogP contribution in [0.4, 0.5) is 0 Å². The lowest BCUT2D eigenvalue weighted by Crippen LogP contribution is -2.41. The molecule has 1 rings (SSSR count). The van der Waals surface area contributed by atoms with Crippen LogP contribution in [0, 0.1) is 0 Å². The van der Waals surface area contributed by atoms with Crippen LogP contribution in [0.3, 0.4) is 0 Å². The molecule has 0 spiro atoms. The predicted octanol–water partition coefficient (Wildman–Crippen LogP) is 1.32. The zero-order chi connectivity index (χ0) is 11.3. The first-order chi connectivity index (χ1) is 7.19. The van der Waals surface area contributed by atoms with E-state index < -0.39 is 6.10 Å². The van der Waals surface area contributed by atoms with Gasteiger partial charge in [-0.2, -0.15) is 0 Å². The largest absolute Gasteiger partial charge is 0.370 e. The van der Waals surface area contributed by atoms with Crippen LogP contribution >= 0.6 is 23.7 Å². The summed E-state index contributed by atoms with van der Waals surface area (Å²) in [7, 11) is 1.48. The molecule has 0 bridgehead atoms. The van der Waals surface area contributed by atoms with E-state index in [2.05, 4.69) is 5.32 Å². The van der Waals surface area contributed by atoms with Gasteiger partial charge in [0, 0.05) is 18.5 Å². The molecular formula is C10H17ClN2O2S. The average Bonchev–Trinajstić information content (AvgIpc) is 2.72. The minimum Gasteiger partial charge on any atom is -0.370 e. The molecule has 0 saturated heterocycles. The van der Waals surface area contributed by atoms with Gasteiger partial charge in [0.25, 0.3) is 5.91 Å². The van der Waals surface area contributed by atoms with Crippen molar-refractivity contribution in [3.63, 3.8) is 0 Å². The Hall–Kier alpha value is -0.620. The van der Waals surface area contributed by atoms with Gasteiger partial charge in [0.15, 0.2) is 0 Å². The van der Waals surface area contributed by atoms with E-state index in [1.165, 1.54) is 7.11 Å². The number of hydrogen-bond acceptors (Lipinski definition) is 4. The summed E-state index contributed by atoms with van der Waals surface area (Å²) in [5, 5.41) is 4.83. The smallest absolute Gasteiger partial charge is 0.250 e. The monoisotopic (exact) mass is 264 g/mol. The van der Waals surface area contributed by atoms with Gasteiger partial charge in [-0.1, -0.05) is 6.07 Å². The highest BCUT2D eigenvalue weighted by molar-refractivity contribution is 7.10. The van der Waals surface area contributed by atoms with E-state index in [-0.39, 0.29) is 30.9 Å². The minimum atomic E-state index is -0.563. The maximum absolute atomic E-state index is 11.6. The first kappa shape index (κ1) is 15.4. The molecule has 0 saturated carbocycles. The molecule has 0 aliphatic carbocycles. The highest BCUT2D eigenvalue weighted by Gasteiger charge is 2.18. The van der Waals surface area contributed by atoms with Gasteiger partial charge < -0.3 is 15.8 Å². The van der Waals surface area contributed by atoms with Crippen molar-refractivity contribution in [3.05, 3.63) is 22.4 Å². The van der Waals surface area contributed by atoms with Gasteiger partial charge >= 0.3 is 0 Å². The summed E-state index contributed by atoms with van der Waals surface area (Å²) < 4.78 is 4.95. The van der Waals surface area contributed by atoms with Crippen LogP contribution in [0.15, 0.2) is 17.5 Å². The molecule has 4 nitrogen and oxygen atoms in total. The molecule has 0 aliphatic rings. The van der Waals surface area contributed by atoms with Crippen molar-refractivity contribution >= 4 is 29.7 Å². The highest BCUT2D eigenvalue weighted by Crippen LogP contribution is 2.18. The number of nitrogens with two attached hydrogens (primary N) is 1. The molecule has 6 heteroatoms. The maximum atomic E-state index is 11.6. The van der Waals surface area contributed by atoms with Crippen LogP contribution in [0.5, 0.6) is 0 Å². The molecule has 92 valence electrons. The molecule has 1 heterocycles. The normalized spacial score (nSPS) is 13.7. The third kappa shape index (κ3) is 4.09. The lowest BCUT2D eigenvalue weighted by atomic mass is 10.2. The van der Waals surface area contributed by atoms with Gasteiger partial charge in [0.1, 0.15) is 6.10 Å². The lowest BCUT2D eigenvalue weighted by molar-refractivity contribution is -0.131. The van der Waals surface area contributed by atoms with E-state index in [1.807, 2.05) is 24.4 Å².